The van der Waals surface area contributed by atoms with Gasteiger partial charge in [0, 0.05) is 0 Å². The Balaban J connectivity index is 1.61. The fourth-order valence-electron chi connectivity index (χ4n) is 2.54. The van der Waals surface area contributed by atoms with Crippen molar-refractivity contribution in [2.24, 2.45) is 5.10 Å². The summed E-state index contributed by atoms with van der Waals surface area (Å²) in [6.07, 6.45) is 1.49. The highest BCUT2D eigenvalue weighted by Gasteiger charge is 2.15. The Hall–Kier alpha value is -3.46. The van der Waals surface area contributed by atoms with Gasteiger partial charge in [-0.1, -0.05) is 17.7 Å². The third-order valence-electron chi connectivity index (χ3n) is 3.80. The van der Waals surface area contributed by atoms with Gasteiger partial charge in [0.2, 0.25) is 12.7 Å². The average molecular weight is 421 g/mol. The summed E-state index contributed by atoms with van der Waals surface area (Å²) in [5.41, 5.74) is 3.71. The standard InChI is InChI=1S/C19H17ClN2O7/c1-26-16-6-12(4-13(20)19(16)27-9-18(24)25)8-21-22-17(23)7-11-2-3-14-15(5-11)29-10-28-14/h2-6,8H,7,9-10H2,1H3,(H,22,23)(H,24,25)/b21-8-. The number of carboxylic acids is 1. The lowest BCUT2D eigenvalue weighted by molar-refractivity contribution is -0.139. The molecule has 1 aliphatic rings. The molecule has 0 bridgehead atoms. The van der Waals surface area contributed by atoms with Crippen LogP contribution in [0.1, 0.15) is 11.1 Å². The Kier molecular flexibility index (Phi) is 6.40. The van der Waals surface area contributed by atoms with Crippen molar-refractivity contribution in [1.29, 1.82) is 0 Å². The fourth-order valence-corrected chi connectivity index (χ4v) is 2.82. The molecule has 2 N–H and O–H groups in total. The van der Waals surface area contributed by atoms with E-state index in [9.17, 15) is 9.59 Å². The lowest BCUT2D eigenvalue weighted by Gasteiger charge is -2.11. The first-order chi connectivity index (χ1) is 14.0. The van der Waals surface area contributed by atoms with Crippen LogP contribution in [0.3, 0.4) is 0 Å². The predicted octanol–water partition coefficient (Wildman–Crippen LogP) is 2.23. The molecule has 0 atom stereocenters. The topological polar surface area (TPSA) is 116 Å². The summed E-state index contributed by atoms with van der Waals surface area (Å²) in [5.74, 6) is 0.144. The SMILES string of the molecule is COc1cc(/C=N\NC(=O)Cc2ccc3c(c2)OCO3)cc(Cl)c1OCC(=O)O. The summed E-state index contributed by atoms with van der Waals surface area (Å²) in [6.45, 7) is -0.388. The number of amides is 1. The van der Waals surface area contributed by atoms with Crippen LogP contribution in [0.5, 0.6) is 23.0 Å². The molecule has 0 spiro atoms. The molecule has 2 aromatic carbocycles. The number of fused-ring (bicyclic) bond motifs is 1. The molecule has 1 aliphatic heterocycles. The molecule has 29 heavy (non-hydrogen) atoms. The molecule has 0 fully saturated rings. The van der Waals surface area contributed by atoms with E-state index in [1.54, 1.807) is 24.3 Å². The number of nitrogens with zero attached hydrogens (tertiary/aromatic N) is 1. The Morgan fingerprint density at radius 3 is 2.83 bits per heavy atom. The van der Waals surface area contributed by atoms with Gasteiger partial charge in [-0.3, -0.25) is 4.79 Å². The molecule has 152 valence electrons. The molecule has 0 saturated heterocycles. The molecular weight excluding hydrogens is 404 g/mol. The monoisotopic (exact) mass is 420 g/mol. The number of rotatable bonds is 8. The number of hydrazone groups is 1. The van der Waals surface area contributed by atoms with E-state index in [-0.39, 0.29) is 35.6 Å². The Bertz CT molecular complexity index is 962. The van der Waals surface area contributed by atoms with Crippen LogP contribution in [0.2, 0.25) is 5.02 Å². The van der Waals surface area contributed by atoms with Crippen LogP contribution in [-0.2, 0) is 16.0 Å². The first-order valence-electron chi connectivity index (χ1n) is 8.39. The summed E-state index contributed by atoms with van der Waals surface area (Å²) in [5, 5.41) is 12.8. The maximum atomic E-state index is 12.1. The Labute approximate surface area is 170 Å². The zero-order valence-corrected chi connectivity index (χ0v) is 16.1. The van der Waals surface area contributed by atoms with E-state index in [4.69, 9.17) is 35.7 Å². The van der Waals surface area contributed by atoms with Gasteiger partial charge in [-0.25, -0.2) is 10.2 Å². The molecule has 1 amide bonds. The van der Waals surface area contributed by atoms with Crippen LogP contribution in [0.15, 0.2) is 35.4 Å². The summed E-state index contributed by atoms with van der Waals surface area (Å²) >= 11 is 6.12. The van der Waals surface area contributed by atoms with Gasteiger partial charge in [0.15, 0.2) is 29.6 Å². The summed E-state index contributed by atoms with van der Waals surface area (Å²) < 4.78 is 20.8. The number of carboxylic acid groups (broad SMARTS) is 1. The van der Waals surface area contributed by atoms with Crippen molar-refractivity contribution in [3.05, 3.63) is 46.5 Å². The van der Waals surface area contributed by atoms with Gasteiger partial charge in [-0.2, -0.15) is 5.10 Å². The number of hydrogen-bond donors (Lipinski definition) is 2. The molecule has 0 saturated carbocycles. The molecular formula is C19H17ClN2O7. The van der Waals surface area contributed by atoms with E-state index in [2.05, 4.69) is 10.5 Å². The molecule has 9 nitrogen and oxygen atoms in total. The normalized spacial score (nSPS) is 12.1. The third-order valence-corrected chi connectivity index (χ3v) is 4.08. The summed E-state index contributed by atoms with van der Waals surface area (Å²) in [7, 11) is 1.40. The quantitative estimate of drug-likeness (QED) is 0.497. The van der Waals surface area contributed by atoms with Crippen molar-refractivity contribution in [3.63, 3.8) is 0 Å². The minimum absolute atomic E-state index is 0.111. The molecule has 3 rings (SSSR count). The van der Waals surface area contributed by atoms with E-state index >= 15 is 0 Å². The van der Waals surface area contributed by atoms with Crippen LogP contribution in [0.4, 0.5) is 0 Å². The van der Waals surface area contributed by atoms with Crippen molar-refractivity contribution in [1.82, 2.24) is 5.43 Å². The third kappa shape index (κ3) is 5.29. The highest BCUT2D eigenvalue weighted by atomic mass is 35.5. The molecule has 0 unspecified atom stereocenters. The Morgan fingerprint density at radius 1 is 1.28 bits per heavy atom. The highest BCUT2D eigenvalue weighted by molar-refractivity contribution is 6.32. The lowest BCUT2D eigenvalue weighted by atomic mass is 10.1. The minimum atomic E-state index is -1.14. The largest absolute Gasteiger partial charge is 0.493 e. The minimum Gasteiger partial charge on any atom is -0.493 e. The Morgan fingerprint density at radius 2 is 2.07 bits per heavy atom. The molecule has 0 radical (unpaired) electrons. The number of benzene rings is 2. The molecule has 1 heterocycles. The van der Waals surface area contributed by atoms with Gasteiger partial charge in [0.05, 0.1) is 24.8 Å². The van der Waals surface area contributed by atoms with Gasteiger partial charge >= 0.3 is 5.97 Å². The highest BCUT2D eigenvalue weighted by Crippen LogP contribution is 2.36. The number of carbonyl (C=O) groups is 2. The molecule has 0 aliphatic carbocycles. The van der Waals surface area contributed by atoms with Crippen LogP contribution in [0.25, 0.3) is 0 Å². The van der Waals surface area contributed by atoms with Crippen molar-refractivity contribution in [3.8, 4) is 23.0 Å². The number of carbonyl (C=O) groups excluding carboxylic acids is 1. The van der Waals surface area contributed by atoms with Gasteiger partial charge in [-0.05, 0) is 35.4 Å². The first-order valence-corrected chi connectivity index (χ1v) is 8.76. The lowest BCUT2D eigenvalue weighted by Crippen LogP contribution is -2.19. The average Bonchev–Trinajstić information content (AvgIpc) is 3.14. The number of halogens is 1. The van der Waals surface area contributed by atoms with Crippen molar-refractivity contribution in [2.75, 3.05) is 20.5 Å². The zero-order valence-electron chi connectivity index (χ0n) is 15.3. The predicted molar refractivity (Wildman–Crippen MR) is 103 cm³/mol. The zero-order chi connectivity index (χ0) is 20.8. The number of nitrogens with one attached hydrogen (secondary N) is 1. The fraction of sp³-hybridized carbons (Fsp3) is 0.211. The maximum absolute atomic E-state index is 12.1. The van der Waals surface area contributed by atoms with Gasteiger partial charge in [0.1, 0.15) is 0 Å². The van der Waals surface area contributed by atoms with E-state index in [0.29, 0.717) is 17.1 Å². The summed E-state index contributed by atoms with van der Waals surface area (Å²) in [6, 6.07) is 8.32. The van der Waals surface area contributed by atoms with Crippen LogP contribution in [0, 0.1) is 0 Å². The second-order valence-electron chi connectivity index (χ2n) is 5.87. The van der Waals surface area contributed by atoms with E-state index in [1.165, 1.54) is 19.4 Å². The number of methoxy groups -OCH3 is 1. The molecule has 2 aromatic rings. The van der Waals surface area contributed by atoms with Gasteiger partial charge in [-0.15, -0.1) is 0 Å². The number of hydrogen-bond acceptors (Lipinski definition) is 7. The van der Waals surface area contributed by atoms with Crippen LogP contribution < -0.4 is 24.4 Å². The maximum Gasteiger partial charge on any atom is 0.341 e. The smallest absolute Gasteiger partial charge is 0.341 e. The number of ether oxygens (including phenoxy) is 4. The van der Waals surface area contributed by atoms with E-state index in [1.807, 2.05) is 0 Å². The van der Waals surface area contributed by atoms with Crippen molar-refractivity contribution >= 4 is 29.7 Å². The van der Waals surface area contributed by atoms with E-state index < -0.39 is 12.6 Å². The number of aliphatic carboxylic acids is 1. The molecule has 10 heteroatoms. The first kappa shape index (κ1) is 20.3. The second kappa shape index (κ2) is 9.16. The van der Waals surface area contributed by atoms with Crippen LogP contribution in [-0.4, -0.2) is 43.7 Å². The van der Waals surface area contributed by atoms with Gasteiger partial charge in [0.25, 0.3) is 0 Å². The van der Waals surface area contributed by atoms with Crippen molar-refractivity contribution in [2.45, 2.75) is 6.42 Å². The van der Waals surface area contributed by atoms with Crippen LogP contribution >= 0.6 is 11.6 Å². The van der Waals surface area contributed by atoms with Gasteiger partial charge < -0.3 is 24.1 Å². The van der Waals surface area contributed by atoms with E-state index in [0.717, 1.165) is 5.56 Å². The molecule has 0 aromatic heterocycles. The second-order valence-corrected chi connectivity index (χ2v) is 6.28. The van der Waals surface area contributed by atoms with Crippen molar-refractivity contribution < 1.29 is 33.6 Å². The summed E-state index contributed by atoms with van der Waals surface area (Å²) in [4.78, 5) is 22.7.